The highest BCUT2D eigenvalue weighted by Gasteiger charge is 2.22. The Bertz CT molecular complexity index is 649. The van der Waals surface area contributed by atoms with Crippen molar-refractivity contribution in [1.82, 2.24) is 25.3 Å². The summed E-state index contributed by atoms with van der Waals surface area (Å²) >= 11 is 5.95. The van der Waals surface area contributed by atoms with E-state index in [1.165, 1.54) is 0 Å². The number of carbonyl (C=O) groups is 1. The number of hydrogen-bond donors (Lipinski definition) is 2. The molecule has 20 heavy (non-hydrogen) atoms. The van der Waals surface area contributed by atoms with Gasteiger partial charge in [0.2, 0.25) is 5.69 Å². The van der Waals surface area contributed by atoms with E-state index < -0.39 is 10.8 Å². The summed E-state index contributed by atoms with van der Waals surface area (Å²) in [4.78, 5) is 21.8. The van der Waals surface area contributed by atoms with Gasteiger partial charge in [-0.3, -0.25) is 24.7 Å². The number of hydrogen-bond acceptors (Lipinski definition) is 5. The summed E-state index contributed by atoms with van der Waals surface area (Å²) in [5.41, 5.74) is -0.0993. The predicted molar refractivity (Wildman–Crippen MR) is 69.3 cm³/mol. The van der Waals surface area contributed by atoms with Gasteiger partial charge >= 0.3 is 5.69 Å². The van der Waals surface area contributed by atoms with Gasteiger partial charge in [-0.1, -0.05) is 11.6 Å². The fourth-order valence-electron chi connectivity index (χ4n) is 1.56. The van der Waals surface area contributed by atoms with Crippen molar-refractivity contribution >= 4 is 23.2 Å². The fourth-order valence-corrected chi connectivity index (χ4v) is 1.77. The van der Waals surface area contributed by atoms with E-state index in [9.17, 15) is 14.9 Å². The van der Waals surface area contributed by atoms with Gasteiger partial charge in [0.25, 0.3) is 5.91 Å². The minimum Gasteiger partial charge on any atom is -0.345 e. The summed E-state index contributed by atoms with van der Waals surface area (Å²) in [6, 6.07) is 0. The quantitative estimate of drug-likeness (QED) is 0.633. The van der Waals surface area contributed by atoms with Crippen LogP contribution in [0.15, 0.2) is 12.4 Å². The molecule has 0 radical (unpaired) electrons. The zero-order valence-electron chi connectivity index (χ0n) is 10.5. The van der Waals surface area contributed by atoms with E-state index in [1.807, 2.05) is 6.92 Å². The van der Waals surface area contributed by atoms with Crippen molar-refractivity contribution in [1.29, 1.82) is 0 Å². The van der Waals surface area contributed by atoms with Crippen LogP contribution in [-0.2, 0) is 13.1 Å². The molecular weight excluding hydrogens is 288 g/mol. The molecule has 2 rings (SSSR count). The van der Waals surface area contributed by atoms with E-state index in [4.69, 9.17) is 11.6 Å². The van der Waals surface area contributed by atoms with E-state index in [0.717, 1.165) is 6.20 Å². The van der Waals surface area contributed by atoms with Gasteiger partial charge in [-0.25, -0.2) is 0 Å². The number of amides is 1. The van der Waals surface area contributed by atoms with Gasteiger partial charge in [0.1, 0.15) is 11.9 Å². The highest BCUT2D eigenvalue weighted by Crippen LogP contribution is 2.16. The fraction of sp³-hybridized carbons (Fsp3) is 0.300. The number of H-pyrrole nitrogens is 1. The van der Waals surface area contributed by atoms with Crippen molar-refractivity contribution in [2.75, 3.05) is 0 Å². The van der Waals surface area contributed by atoms with Gasteiger partial charge in [0.15, 0.2) is 0 Å². The van der Waals surface area contributed by atoms with E-state index >= 15 is 0 Å². The number of aromatic amines is 1. The first kappa shape index (κ1) is 14.0. The average Bonchev–Trinajstić information content (AvgIpc) is 3.02. The predicted octanol–water partition coefficient (Wildman–Crippen LogP) is 1.12. The third-order valence-corrected chi connectivity index (χ3v) is 2.89. The van der Waals surface area contributed by atoms with Crippen LogP contribution < -0.4 is 5.32 Å². The van der Waals surface area contributed by atoms with Crippen LogP contribution in [0.1, 0.15) is 23.1 Å². The minimum atomic E-state index is -0.683. The zero-order valence-corrected chi connectivity index (χ0v) is 11.2. The molecule has 10 heteroatoms. The molecule has 0 aromatic carbocycles. The Morgan fingerprint density at radius 1 is 1.65 bits per heavy atom. The van der Waals surface area contributed by atoms with Gasteiger partial charge in [-0.15, -0.1) is 0 Å². The molecule has 2 N–H and O–H groups in total. The summed E-state index contributed by atoms with van der Waals surface area (Å²) in [6.45, 7) is 2.63. The molecule has 0 spiro atoms. The molecule has 0 fully saturated rings. The minimum absolute atomic E-state index is 0.0703. The van der Waals surface area contributed by atoms with Gasteiger partial charge in [0.05, 0.1) is 16.5 Å². The summed E-state index contributed by atoms with van der Waals surface area (Å²) in [6.07, 6.45) is 2.62. The third kappa shape index (κ3) is 2.77. The van der Waals surface area contributed by atoms with Crippen molar-refractivity contribution in [3.05, 3.63) is 38.9 Å². The second-order valence-electron chi connectivity index (χ2n) is 3.85. The highest BCUT2D eigenvalue weighted by atomic mass is 35.5. The molecule has 2 aromatic rings. The van der Waals surface area contributed by atoms with Crippen LogP contribution >= 0.6 is 11.6 Å². The van der Waals surface area contributed by atoms with Crippen molar-refractivity contribution in [3.63, 3.8) is 0 Å². The third-order valence-electron chi connectivity index (χ3n) is 2.57. The molecule has 0 bridgehead atoms. The molecule has 0 atom stereocenters. The second kappa shape index (κ2) is 5.70. The average molecular weight is 299 g/mol. The van der Waals surface area contributed by atoms with Crippen LogP contribution in [-0.4, -0.2) is 30.8 Å². The number of nitrogens with one attached hydrogen (secondary N) is 2. The molecule has 1 amide bonds. The van der Waals surface area contributed by atoms with E-state index in [-0.39, 0.29) is 17.9 Å². The van der Waals surface area contributed by atoms with Gasteiger partial charge in [0, 0.05) is 12.7 Å². The van der Waals surface area contributed by atoms with Crippen molar-refractivity contribution < 1.29 is 9.72 Å². The Balaban J connectivity index is 2.06. The summed E-state index contributed by atoms with van der Waals surface area (Å²) < 4.78 is 1.63. The Labute approximate surface area is 118 Å². The SMILES string of the molecule is CCn1cc(Cl)c(CNC(=O)c2[nH]ncc2[N+](=O)[O-])n1. The Morgan fingerprint density at radius 3 is 3.00 bits per heavy atom. The van der Waals surface area contributed by atoms with Crippen LogP contribution in [0.2, 0.25) is 5.02 Å². The normalized spacial score (nSPS) is 10.5. The van der Waals surface area contributed by atoms with Crippen LogP contribution in [0, 0.1) is 10.1 Å². The molecule has 2 heterocycles. The Hall–Kier alpha value is -2.42. The molecule has 9 nitrogen and oxygen atoms in total. The van der Waals surface area contributed by atoms with Gasteiger partial charge < -0.3 is 5.32 Å². The maximum absolute atomic E-state index is 11.8. The molecule has 106 valence electrons. The molecule has 0 aliphatic carbocycles. The molecule has 0 aliphatic rings. The molecular formula is C10H11ClN6O3. The topological polar surface area (TPSA) is 119 Å². The largest absolute Gasteiger partial charge is 0.345 e. The summed E-state index contributed by atoms with van der Waals surface area (Å²) in [7, 11) is 0. The number of nitrogens with zero attached hydrogens (tertiary/aromatic N) is 4. The summed E-state index contributed by atoms with van der Waals surface area (Å²) in [5, 5.41) is 23.5. The summed E-state index contributed by atoms with van der Waals surface area (Å²) in [5.74, 6) is -0.642. The zero-order chi connectivity index (χ0) is 14.7. The lowest BCUT2D eigenvalue weighted by Crippen LogP contribution is -2.24. The highest BCUT2D eigenvalue weighted by molar-refractivity contribution is 6.31. The van der Waals surface area contributed by atoms with E-state index in [0.29, 0.717) is 17.3 Å². The second-order valence-corrected chi connectivity index (χ2v) is 4.26. The maximum atomic E-state index is 11.8. The van der Waals surface area contributed by atoms with Crippen LogP contribution in [0.5, 0.6) is 0 Å². The number of nitro groups is 1. The number of aryl methyl sites for hydroxylation is 1. The maximum Gasteiger partial charge on any atom is 0.319 e. The van der Waals surface area contributed by atoms with Crippen LogP contribution in [0.4, 0.5) is 5.69 Å². The van der Waals surface area contributed by atoms with Gasteiger partial charge in [-0.05, 0) is 6.92 Å². The van der Waals surface area contributed by atoms with Crippen LogP contribution in [0.3, 0.4) is 0 Å². The Kier molecular flexibility index (Phi) is 3.99. The number of rotatable bonds is 5. The number of carbonyl (C=O) groups excluding carboxylic acids is 1. The molecule has 0 saturated heterocycles. The molecule has 0 aliphatic heterocycles. The lowest BCUT2D eigenvalue weighted by molar-refractivity contribution is -0.385. The smallest absolute Gasteiger partial charge is 0.319 e. The van der Waals surface area contributed by atoms with Crippen molar-refractivity contribution in [2.45, 2.75) is 20.0 Å². The first-order chi connectivity index (χ1) is 9.52. The first-order valence-electron chi connectivity index (χ1n) is 5.70. The van der Waals surface area contributed by atoms with E-state index in [1.54, 1.807) is 10.9 Å². The van der Waals surface area contributed by atoms with Gasteiger partial charge in [-0.2, -0.15) is 10.2 Å². The lowest BCUT2D eigenvalue weighted by Gasteiger charge is -2.01. The number of aromatic nitrogens is 4. The number of halogens is 1. The monoisotopic (exact) mass is 298 g/mol. The standard InChI is InChI=1S/C10H11ClN6O3/c1-2-16-5-6(11)7(15-16)3-12-10(18)9-8(17(19)20)4-13-14-9/h4-5H,2-3H2,1H3,(H,12,18)(H,13,14). The molecule has 0 saturated carbocycles. The van der Waals surface area contributed by atoms with Crippen LogP contribution in [0.25, 0.3) is 0 Å². The molecule has 2 aromatic heterocycles. The lowest BCUT2D eigenvalue weighted by atomic mass is 10.3. The van der Waals surface area contributed by atoms with E-state index in [2.05, 4.69) is 20.6 Å². The Morgan fingerprint density at radius 2 is 2.40 bits per heavy atom. The molecule has 0 unspecified atom stereocenters. The van der Waals surface area contributed by atoms with Crippen molar-refractivity contribution in [2.24, 2.45) is 0 Å². The first-order valence-corrected chi connectivity index (χ1v) is 6.08. The van der Waals surface area contributed by atoms with Crippen molar-refractivity contribution in [3.8, 4) is 0 Å².